The number of nitrogens with one attached hydrogen (secondary N) is 2. The molecule has 32 heavy (non-hydrogen) atoms. The van der Waals surface area contributed by atoms with Crippen molar-refractivity contribution in [1.29, 1.82) is 0 Å². The number of carbonyl (C=O) groups is 3. The molecule has 0 fully saturated rings. The number of methoxy groups -OCH3 is 1. The molecule has 0 unspecified atom stereocenters. The molecule has 3 amide bonds. The second-order valence-corrected chi connectivity index (χ2v) is 7.41. The molecule has 0 saturated heterocycles. The highest BCUT2D eigenvalue weighted by molar-refractivity contribution is 9.10. The molecular weight excluding hydrogens is 478 g/mol. The van der Waals surface area contributed by atoms with Crippen LogP contribution in [0.5, 0.6) is 11.5 Å². The van der Waals surface area contributed by atoms with Gasteiger partial charge < -0.3 is 25.8 Å². The van der Waals surface area contributed by atoms with Gasteiger partial charge in [0.2, 0.25) is 0 Å². The minimum Gasteiger partial charge on any atom is -0.493 e. The summed E-state index contributed by atoms with van der Waals surface area (Å²) in [5, 5.41) is 5.52. The van der Waals surface area contributed by atoms with Gasteiger partial charge in [-0.3, -0.25) is 14.4 Å². The standard InChI is InChI=1S/C23H20BrN3O5/c1-31-19-11-10-14(12-20(19)32-13-21(25)28)26-23(30)16-7-3-5-9-18(16)27-22(29)15-6-2-4-8-17(15)24/h2-12H,13H2,1H3,(H2,25,28)(H,26,30)(H,27,29). The highest BCUT2D eigenvalue weighted by Crippen LogP contribution is 2.31. The van der Waals surface area contributed by atoms with Crippen LogP contribution in [0, 0.1) is 0 Å². The third-order valence-corrected chi connectivity index (χ3v) is 5.02. The Hall–Kier alpha value is -3.85. The number of para-hydroxylation sites is 1. The van der Waals surface area contributed by atoms with Crippen molar-refractivity contribution in [3.63, 3.8) is 0 Å². The average Bonchev–Trinajstić information content (AvgIpc) is 2.78. The predicted octanol–water partition coefficient (Wildman–Crippen LogP) is 3.83. The highest BCUT2D eigenvalue weighted by atomic mass is 79.9. The third kappa shape index (κ3) is 5.64. The van der Waals surface area contributed by atoms with Gasteiger partial charge >= 0.3 is 0 Å². The van der Waals surface area contributed by atoms with Gasteiger partial charge in [0.25, 0.3) is 17.7 Å². The van der Waals surface area contributed by atoms with Crippen molar-refractivity contribution >= 4 is 45.0 Å². The van der Waals surface area contributed by atoms with Crippen molar-refractivity contribution in [2.24, 2.45) is 5.73 Å². The van der Waals surface area contributed by atoms with E-state index in [-0.39, 0.29) is 23.8 Å². The van der Waals surface area contributed by atoms with E-state index in [1.807, 2.05) is 0 Å². The average molecular weight is 498 g/mol. The predicted molar refractivity (Wildman–Crippen MR) is 124 cm³/mol. The van der Waals surface area contributed by atoms with E-state index in [1.54, 1.807) is 60.7 Å². The van der Waals surface area contributed by atoms with E-state index in [4.69, 9.17) is 15.2 Å². The molecule has 0 aliphatic rings. The smallest absolute Gasteiger partial charge is 0.257 e. The monoisotopic (exact) mass is 497 g/mol. The quantitative estimate of drug-likeness (QED) is 0.436. The largest absolute Gasteiger partial charge is 0.493 e. The molecule has 0 bridgehead atoms. The van der Waals surface area contributed by atoms with E-state index < -0.39 is 11.8 Å². The van der Waals surface area contributed by atoms with Crippen molar-refractivity contribution in [2.75, 3.05) is 24.4 Å². The summed E-state index contributed by atoms with van der Waals surface area (Å²) in [6, 6.07) is 18.4. The van der Waals surface area contributed by atoms with E-state index in [2.05, 4.69) is 26.6 Å². The number of hydrogen-bond donors (Lipinski definition) is 3. The first kappa shape index (κ1) is 22.8. The number of halogens is 1. The van der Waals surface area contributed by atoms with Gasteiger partial charge in [0.15, 0.2) is 18.1 Å². The lowest BCUT2D eigenvalue weighted by Crippen LogP contribution is -2.20. The molecule has 3 rings (SSSR count). The van der Waals surface area contributed by atoms with Gasteiger partial charge in [0, 0.05) is 16.2 Å². The molecule has 0 aliphatic carbocycles. The van der Waals surface area contributed by atoms with E-state index in [0.717, 1.165) is 0 Å². The Kier molecular flexibility index (Phi) is 7.45. The molecule has 9 heteroatoms. The second kappa shape index (κ2) is 10.5. The van der Waals surface area contributed by atoms with Crippen LogP contribution in [0.1, 0.15) is 20.7 Å². The molecule has 4 N–H and O–H groups in total. The van der Waals surface area contributed by atoms with Crippen molar-refractivity contribution < 1.29 is 23.9 Å². The molecule has 0 heterocycles. The van der Waals surface area contributed by atoms with Crippen molar-refractivity contribution in [3.8, 4) is 11.5 Å². The number of rotatable bonds is 8. The molecule has 0 radical (unpaired) electrons. The lowest BCUT2D eigenvalue weighted by Gasteiger charge is -2.14. The molecule has 3 aromatic rings. The zero-order chi connectivity index (χ0) is 23.1. The van der Waals surface area contributed by atoms with E-state index in [1.165, 1.54) is 13.2 Å². The molecule has 0 atom stereocenters. The topological polar surface area (TPSA) is 120 Å². The van der Waals surface area contributed by atoms with Crippen LogP contribution in [-0.2, 0) is 4.79 Å². The van der Waals surface area contributed by atoms with Crippen molar-refractivity contribution in [3.05, 3.63) is 82.3 Å². The zero-order valence-electron chi connectivity index (χ0n) is 17.1. The van der Waals surface area contributed by atoms with Crippen LogP contribution in [-0.4, -0.2) is 31.4 Å². The minimum absolute atomic E-state index is 0.250. The Morgan fingerprint density at radius 2 is 1.53 bits per heavy atom. The highest BCUT2D eigenvalue weighted by Gasteiger charge is 2.16. The van der Waals surface area contributed by atoms with Crippen LogP contribution in [0.3, 0.4) is 0 Å². The summed E-state index contributed by atoms with van der Waals surface area (Å²) in [4.78, 5) is 36.6. The lowest BCUT2D eigenvalue weighted by atomic mass is 10.1. The van der Waals surface area contributed by atoms with Gasteiger partial charge in [0.05, 0.1) is 23.9 Å². The molecule has 8 nitrogen and oxygen atoms in total. The summed E-state index contributed by atoms with van der Waals surface area (Å²) < 4.78 is 11.2. The Morgan fingerprint density at radius 3 is 2.22 bits per heavy atom. The van der Waals surface area contributed by atoms with Gasteiger partial charge in [-0.25, -0.2) is 0 Å². The second-order valence-electron chi connectivity index (χ2n) is 6.55. The molecule has 0 spiro atoms. The summed E-state index contributed by atoms with van der Waals surface area (Å²) in [7, 11) is 1.45. The molecule has 0 aromatic heterocycles. The first-order valence-corrected chi connectivity index (χ1v) is 10.2. The van der Waals surface area contributed by atoms with Gasteiger partial charge in [-0.1, -0.05) is 24.3 Å². The fraction of sp³-hybridized carbons (Fsp3) is 0.0870. The van der Waals surface area contributed by atoms with Gasteiger partial charge in [-0.15, -0.1) is 0 Å². The van der Waals surface area contributed by atoms with Crippen LogP contribution < -0.4 is 25.8 Å². The van der Waals surface area contributed by atoms with Crippen LogP contribution in [0.25, 0.3) is 0 Å². The fourth-order valence-electron chi connectivity index (χ4n) is 2.84. The Bertz CT molecular complexity index is 1170. The number of ether oxygens (including phenoxy) is 2. The van der Waals surface area contributed by atoms with Crippen LogP contribution in [0.2, 0.25) is 0 Å². The summed E-state index contributed by atoms with van der Waals surface area (Å²) in [5.41, 5.74) is 6.58. The Balaban J connectivity index is 1.80. The van der Waals surface area contributed by atoms with Gasteiger partial charge in [-0.05, 0) is 52.3 Å². The number of primary amides is 1. The summed E-state index contributed by atoms with van der Waals surface area (Å²) in [6.07, 6.45) is 0. The van der Waals surface area contributed by atoms with E-state index in [9.17, 15) is 14.4 Å². The molecule has 3 aromatic carbocycles. The maximum atomic E-state index is 12.9. The van der Waals surface area contributed by atoms with Gasteiger partial charge in [0.1, 0.15) is 0 Å². The summed E-state index contributed by atoms with van der Waals surface area (Å²) >= 11 is 3.35. The van der Waals surface area contributed by atoms with E-state index >= 15 is 0 Å². The molecule has 0 aliphatic heterocycles. The number of amides is 3. The zero-order valence-corrected chi connectivity index (χ0v) is 18.6. The number of carbonyl (C=O) groups excluding carboxylic acids is 3. The lowest BCUT2D eigenvalue weighted by molar-refractivity contribution is -0.119. The van der Waals surface area contributed by atoms with Gasteiger partial charge in [-0.2, -0.15) is 0 Å². The number of anilines is 2. The summed E-state index contributed by atoms with van der Waals surface area (Å²) in [6.45, 7) is -0.336. The molecule has 0 saturated carbocycles. The SMILES string of the molecule is COc1ccc(NC(=O)c2ccccc2NC(=O)c2ccccc2Br)cc1OCC(N)=O. The van der Waals surface area contributed by atoms with Crippen LogP contribution in [0.4, 0.5) is 11.4 Å². The number of benzene rings is 3. The third-order valence-electron chi connectivity index (χ3n) is 4.33. The fourth-order valence-corrected chi connectivity index (χ4v) is 3.30. The Morgan fingerprint density at radius 1 is 0.875 bits per heavy atom. The normalized spacial score (nSPS) is 10.2. The maximum absolute atomic E-state index is 12.9. The first-order valence-electron chi connectivity index (χ1n) is 9.44. The number of hydrogen-bond acceptors (Lipinski definition) is 5. The minimum atomic E-state index is -0.642. The van der Waals surface area contributed by atoms with E-state index in [0.29, 0.717) is 27.2 Å². The van der Waals surface area contributed by atoms with Crippen LogP contribution in [0.15, 0.2) is 71.2 Å². The maximum Gasteiger partial charge on any atom is 0.257 e. The van der Waals surface area contributed by atoms with Crippen molar-refractivity contribution in [1.82, 2.24) is 0 Å². The molecular formula is C23H20BrN3O5. The van der Waals surface area contributed by atoms with Crippen molar-refractivity contribution in [2.45, 2.75) is 0 Å². The Labute approximate surface area is 192 Å². The first-order chi connectivity index (χ1) is 15.4. The molecule has 164 valence electrons. The van der Waals surface area contributed by atoms with Crippen LogP contribution >= 0.6 is 15.9 Å². The summed E-state index contributed by atoms with van der Waals surface area (Å²) in [5.74, 6) is -0.815. The number of nitrogens with two attached hydrogens (primary N) is 1.